The zero-order valence-corrected chi connectivity index (χ0v) is 13.7. The van der Waals surface area contributed by atoms with Crippen LogP contribution < -0.4 is 0 Å². The lowest BCUT2D eigenvalue weighted by Crippen LogP contribution is -1.92. The van der Waals surface area contributed by atoms with Gasteiger partial charge >= 0.3 is 0 Å². The van der Waals surface area contributed by atoms with E-state index in [0.717, 1.165) is 29.5 Å². The van der Waals surface area contributed by atoms with Gasteiger partial charge in [0.1, 0.15) is 6.61 Å². The van der Waals surface area contributed by atoms with E-state index in [2.05, 4.69) is 23.1 Å². The standard InChI is InChI=1S/C22H21NO/c1-3-9-19(10-4-1)15-16-21-13-7-8-14-22(21)17-23-24-18-20-11-5-2-6-12-20/h2,5-9,11-14,17H,1,3-4,10,18H2/b23-17+. The van der Waals surface area contributed by atoms with E-state index in [1.165, 1.54) is 18.4 Å². The number of allylic oxidation sites excluding steroid dienone is 2. The predicted molar refractivity (Wildman–Crippen MR) is 98.7 cm³/mol. The van der Waals surface area contributed by atoms with Gasteiger partial charge in [0, 0.05) is 11.1 Å². The van der Waals surface area contributed by atoms with Crippen LogP contribution >= 0.6 is 0 Å². The summed E-state index contributed by atoms with van der Waals surface area (Å²) in [5, 5.41) is 4.08. The van der Waals surface area contributed by atoms with Crippen molar-refractivity contribution >= 4 is 6.21 Å². The van der Waals surface area contributed by atoms with Gasteiger partial charge in [0.05, 0.1) is 6.21 Å². The van der Waals surface area contributed by atoms with E-state index < -0.39 is 0 Å². The van der Waals surface area contributed by atoms with Gasteiger partial charge in [0.2, 0.25) is 0 Å². The highest BCUT2D eigenvalue weighted by Gasteiger charge is 2.00. The van der Waals surface area contributed by atoms with E-state index >= 15 is 0 Å². The molecule has 0 radical (unpaired) electrons. The Hall–Kier alpha value is -2.79. The fraction of sp³-hybridized carbons (Fsp3) is 0.227. The fourth-order valence-electron chi connectivity index (χ4n) is 2.60. The molecule has 0 unspecified atom stereocenters. The minimum atomic E-state index is 0.470. The molecule has 0 spiro atoms. The van der Waals surface area contributed by atoms with Crippen molar-refractivity contribution < 1.29 is 4.84 Å². The molecule has 2 nitrogen and oxygen atoms in total. The molecule has 2 heteroatoms. The molecule has 0 aliphatic heterocycles. The van der Waals surface area contributed by atoms with Crippen molar-refractivity contribution in [3.05, 3.63) is 82.9 Å². The van der Waals surface area contributed by atoms with Crippen molar-refractivity contribution in [3.8, 4) is 11.8 Å². The molecular weight excluding hydrogens is 294 g/mol. The molecule has 120 valence electrons. The first-order valence-corrected chi connectivity index (χ1v) is 8.41. The number of benzene rings is 2. The molecule has 0 saturated heterocycles. The van der Waals surface area contributed by atoms with Crippen LogP contribution in [0.2, 0.25) is 0 Å². The molecule has 0 saturated carbocycles. The van der Waals surface area contributed by atoms with Crippen LogP contribution in [-0.4, -0.2) is 6.21 Å². The molecule has 2 aromatic rings. The number of hydrogen-bond donors (Lipinski definition) is 0. The minimum absolute atomic E-state index is 0.470. The lowest BCUT2D eigenvalue weighted by Gasteiger charge is -2.05. The van der Waals surface area contributed by atoms with Gasteiger partial charge in [-0.2, -0.15) is 0 Å². The van der Waals surface area contributed by atoms with E-state index in [1.807, 2.05) is 54.6 Å². The predicted octanol–water partition coefficient (Wildman–Crippen LogP) is 5.09. The Morgan fingerprint density at radius 2 is 1.79 bits per heavy atom. The van der Waals surface area contributed by atoms with Gasteiger partial charge in [-0.25, -0.2) is 0 Å². The summed E-state index contributed by atoms with van der Waals surface area (Å²) >= 11 is 0. The molecule has 0 atom stereocenters. The van der Waals surface area contributed by atoms with Gasteiger partial charge in [-0.1, -0.05) is 71.6 Å². The maximum Gasteiger partial charge on any atom is 0.142 e. The van der Waals surface area contributed by atoms with Crippen molar-refractivity contribution in [1.29, 1.82) is 0 Å². The summed E-state index contributed by atoms with van der Waals surface area (Å²) in [4.78, 5) is 5.38. The number of rotatable bonds is 4. The smallest absolute Gasteiger partial charge is 0.142 e. The Morgan fingerprint density at radius 3 is 2.62 bits per heavy atom. The average Bonchev–Trinajstić information content (AvgIpc) is 2.66. The SMILES string of the molecule is C(#Cc1ccccc1/C=N/OCc1ccccc1)C1=CCCCC1. The Kier molecular flexibility index (Phi) is 5.86. The molecule has 1 aliphatic carbocycles. The maximum absolute atomic E-state index is 5.38. The summed E-state index contributed by atoms with van der Waals surface area (Å²) in [7, 11) is 0. The quantitative estimate of drug-likeness (QED) is 0.437. The molecule has 0 heterocycles. The first-order valence-electron chi connectivity index (χ1n) is 8.41. The van der Waals surface area contributed by atoms with Crippen LogP contribution in [0.1, 0.15) is 42.4 Å². The summed E-state index contributed by atoms with van der Waals surface area (Å²) in [5.74, 6) is 6.58. The summed E-state index contributed by atoms with van der Waals surface area (Å²) < 4.78 is 0. The van der Waals surface area contributed by atoms with Crippen molar-refractivity contribution in [2.45, 2.75) is 32.3 Å². The average molecular weight is 315 g/mol. The first-order chi connectivity index (χ1) is 11.9. The van der Waals surface area contributed by atoms with Gasteiger partial charge in [-0.3, -0.25) is 0 Å². The minimum Gasteiger partial charge on any atom is -0.391 e. The Labute approximate surface area is 143 Å². The summed E-state index contributed by atoms with van der Waals surface area (Å²) in [6.45, 7) is 0.470. The molecule has 1 aliphatic rings. The molecule has 0 amide bonds. The van der Waals surface area contributed by atoms with E-state index in [0.29, 0.717) is 6.61 Å². The summed E-state index contributed by atoms with van der Waals surface area (Å²) in [6.07, 6.45) is 8.78. The largest absolute Gasteiger partial charge is 0.391 e. The second-order valence-corrected chi connectivity index (χ2v) is 5.81. The number of nitrogens with zero attached hydrogens (tertiary/aromatic N) is 1. The third kappa shape index (κ3) is 4.86. The molecule has 0 bridgehead atoms. The fourth-order valence-corrected chi connectivity index (χ4v) is 2.60. The van der Waals surface area contributed by atoms with Gasteiger partial charge in [-0.15, -0.1) is 0 Å². The zero-order valence-electron chi connectivity index (χ0n) is 13.7. The highest BCUT2D eigenvalue weighted by molar-refractivity contribution is 5.83. The lowest BCUT2D eigenvalue weighted by molar-refractivity contribution is 0.132. The highest BCUT2D eigenvalue weighted by Crippen LogP contribution is 2.16. The summed E-state index contributed by atoms with van der Waals surface area (Å²) in [6, 6.07) is 18.0. The van der Waals surface area contributed by atoms with Crippen LogP contribution in [0.4, 0.5) is 0 Å². The molecule has 0 N–H and O–H groups in total. The molecule has 0 aromatic heterocycles. The van der Waals surface area contributed by atoms with E-state index in [4.69, 9.17) is 4.84 Å². The van der Waals surface area contributed by atoms with E-state index in [1.54, 1.807) is 6.21 Å². The topological polar surface area (TPSA) is 21.6 Å². The van der Waals surface area contributed by atoms with E-state index in [9.17, 15) is 0 Å². The van der Waals surface area contributed by atoms with Crippen LogP contribution in [0.3, 0.4) is 0 Å². The molecule has 2 aromatic carbocycles. The van der Waals surface area contributed by atoms with Crippen molar-refractivity contribution in [2.75, 3.05) is 0 Å². The maximum atomic E-state index is 5.38. The Balaban J connectivity index is 1.64. The van der Waals surface area contributed by atoms with Crippen molar-refractivity contribution in [1.82, 2.24) is 0 Å². The Bertz CT molecular complexity index is 778. The monoisotopic (exact) mass is 315 g/mol. The summed E-state index contributed by atoms with van der Waals surface area (Å²) in [5.41, 5.74) is 4.32. The van der Waals surface area contributed by atoms with Crippen LogP contribution in [0, 0.1) is 11.8 Å². The van der Waals surface area contributed by atoms with Gasteiger partial charge in [-0.05, 0) is 42.9 Å². The molecular formula is C22H21NO. The van der Waals surface area contributed by atoms with Crippen molar-refractivity contribution in [3.63, 3.8) is 0 Å². The Morgan fingerprint density at radius 1 is 0.958 bits per heavy atom. The lowest BCUT2D eigenvalue weighted by atomic mass is 9.99. The normalized spacial score (nSPS) is 13.9. The second kappa shape index (κ2) is 8.74. The van der Waals surface area contributed by atoms with E-state index in [-0.39, 0.29) is 0 Å². The zero-order chi connectivity index (χ0) is 16.5. The molecule has 3 rings (SSSR count). The number of oxime groups is 1. The second-order valence-electron chi connectivity index (χ2n) is 5.81. The highest BCUT2D eigenvalue weighted by atomic mass is 16.6. The van der Waals surface area contributed by atoms with Gasteiger partial charge < -0.3 is 4.84 Å². The number of hydrogen-bond acceptors (Lipinski definition) is 2. The van der Waals surface area contributed by atoms with Gasteiger partial charge in [0.15, 0.2) is 0 Å². The van der Waals surface area contributed by atoms with Crippen molar-refractivity contribution in [2.24, 2.45) is 5.16 Å². The molecule has 0 fully saturated rings. The molecule has 24 heavy (non-hydrogen) atoms. The van der Waals surface area contributed by atoms with Crippen LogP contribution in [0.5, 0.6) is 0 Å². The van der Waals surface area contributed by atoms with Crippen LogP contribution in [0.15, 0.2) is 71.4 Å². The first kappa shape index (κ1) is 16.1. The third-order valence-electron chi connectivity index (χ3n) is 3.95. The van der Waals surface area contributed by atoms with Gasteiger partial charge in [0.25, 0.3) is 0 Å². The van der Waals surface area contributed by atoms with Crippen LogP contribution in [0.25, 0.3) is 0 Å². The third-order valence-corrected chi connectivity index (χ3v) is 3.95. The van der Waals surface area contributed by atoms with Crippen LogP contribution in [-0.2, 0) is 11.4 Å².